The van der Waals surface area contributed by atoms with Crippen LogP contribution in [0.5, 0.6) is 5.75 Å². The Morgan fingerprint density at radius 2 is 2.26 bits per heavy atom. The van der Waals surface area contributed by atoms with Crippen molar-refractivity contribution in [1.29, 1.82) is 0 Å². The van der Waals surface area contributed by atoms with Crippen LogP contribution in [-0.4, -0.2) is 29.5 Å². The van der Waals surface area contributed by atoms with E-state index >= 15 is 0 Å². The summed E-state index contributed by atoms with van der Waals surface area (Å²) in [6.45, 7) is 2.51. The van der Waals surface area contributed by atoms with Gasteiger partial charge in [0.15, 0.2) is 0 Å². The van der Waals surface area contributed by atoms with E-state index in [-0.39, 0.29) is 17.6 Å². The second kappa shape index (κ2) is 6.13. The molecule has 19 heavy (non-hydrogen) atoms. The lowest BCUT2D eigenvalue weighted by Crippen LogP contribution is -2.19. The van der Waals surface area contributed by atoms with Gasteiger partial charge in [0.2, 0.25) is 5.91 Å². The molecule has 1 aromatic rings. The Bertz CT molecular complexity index is 523. The Labute approximate surface area is 112 Å². The molecule has 0 saturated heterocycles. The van der Waals surface area contributed by atoms with Crippen molar-refractivity contribution in [3.05, 3.63) is 29.8 Å². The highest BCUT2D eigenvalue weighted by Crippen LogP contribution is 2.16. The summed E-state index contributed by atoms with van der Waals surface area (Å²) in [6, 6.07) is 7.14. The molecule has 0 bridgehead atoms. The average molecular weight is 259 g/mol. The predicted octanol–water partition coefficient (Wildman–Crippen LogP) is 1.71. The molecule has 0 aliphatic carbocycles. The highest BCUT2D eigenvalue weighted by molar-refractivity contribution is 6.01. The van der Waals surface area contributed by atoms with Gasteiger partial charge in [0.1, 0.15) is 5.75 Å². The van der Waals surface area contributed by atoms with E-state index in [1.807, 2.05) is 19.1 Å². The summed E-state index contributed by atoms with van der Waals surface area (Å²) in [6.07, 6.45) is 3.20. The van der Waals surface area contributed by atoms with Gasteiger partial charge in [-0.15, -0.1) is 0 Å². The molecule has 1 heterocycles. The number of hydrogen-bond acceptors (Lipinski definition) is 4. The third-order valence-corrected chi connectivity index (χ3v) is 3.08. The van der Waals surface area contributed by atoms with Gasteiger partial charge in [0.25, 0.3) is 0 Å². The fourth-order valence-electron chi connectivity index (χ4n) is 1.97. The molecule has 2 N–H and O–H groups in total. The van der Waals surface area contributed by atoms with Crippen molar-refractivity contribution in [3.63, 3.8) is 0 Å². The smallest absolute Gasteiger partial charge is 0.248 e. The van der Waals surface area contributed by atoms with E-state index in [1.54, 1.807) is 18.3 Å². The van der Waals surface area contributed by atoms with Gasteiger partial charge >= 0.3 is 0 Å². The number of carbonyl (C=O) groups is 1. The topological polar surface area (TPSA) is 74.0 Å². The molecule has 0 fully saturated rings. The zero-order chi connectivity index (χ0) is 13.7. The molecule has 5 heteroatoms. The van der Waals surface area contributed by atoms with Gasteiger partial charge < -0.3 is 5.11 Å². The first-order valence-corrected chi connectivity index (χ1v) is 6.31. The highest BCUT2D eigenvalue weighted by atomic mass is 16.3. The molecule has 0 unspecified atom stereocenters. The number of hydrazone groups is 1. The summed E-state index contributed by atoms with van der Waals surface area (Å²) in [5.41, 5.74) is 3.97. The second-order valence-electron chi connectivity index (χ2n) is 4.49. The molecule has 1 atom stereocenters. The van der Waals surface area contributed by atoms with Gasteiger partial charge in [-0.05, 0) is 31.9 Å². The van der Waals surface area contributed by atoms with Crippen molar-refractivity contribution in [3.8, 4) is 5.75 Å². The minimum Gasteiger partial charge on any atom is -0.507 e. The van der Waals surface area contributed by atoms with Crippen LogP contribution in [0.15, 0.2) is 34.4 Å². The van der Waals surface area contributed by atoms with E-state index in [2.05, 4.69) is 15.5 Å². The number of para-hydroxylation sites is 1. The van der Waals surface area contributed by atoms with Crippen molar-refractivity contribution in [2.45, 2.75) is 19.8 Å². The molecule has 1 aliphatic rings. The largest absolute Gasteiger partial charge is 0.507 e. The summed E-state index contributed by atoms with van der Waals surface area (Å²) < 4.78 is 0. The van der Waals surface area contributed by atoms with E-state index in [0.29, 0.717) is 6.54 Å². The van der Waals surface area contributed by atoms with Crippen molar-refractivity contribution in [1.82, 2.24) is 5.43 Å². The molecule has 5 nitrogen and oxygen atoms in total. The number of aliphatic imine (C=N–C) groups is 1. The fourth-order valence-corrected chi connectivity index (χ4v) is 1.97. The molecular weight excluding hydrogens is 242 g/mol. The molecular formula is C14H17N3O2. The molecule has 0 radical (unpaired) electrons. The summed E-state index contributed by atoms with van der Waals surface area (Å²) in [5, 5.41) is 13.4. The van der Waals surface area contributed by atoms with E-state index in [1.165, 1.54) is 0 Å². The third-order valence-electron chi connectivity index (χ3n) is 3.08. The minimum absolute atomic E-state index is 0.0404. The SMILES string of the molecule is C/C(=N/CCC[C@@H]1C=NNC1=O)c1ccccc1O. The monoisotopic (exact) mass is 259 g/mol. The van der Waals surface area contributed by atoms with Crippen LogP contribution in [0.4, 0.5) is 0 Å². The van der Waals surface area contributed by atoms with Crippen LogP contribution in [0, 0.1) is 5.92 Å². The number of carbonyl (C=O) groups excluding carboxylic acids is 1. The summed E-state index contributed by atoms with van der Waals surface area (Å²) >= 11 is 0. The van der Waals surface area contributed by atoms with Crippen LogP contribution in [0.3, 0.4) is 0 Å². The Morgan fingerprint density at radius 3 is 2.95 bits per heavy atom. The van der Waals surface area contributed by atoms with Crippen LogP contribution >= 0.6 is 0 Å². The standard InChI is InChI=1S/C14H17N3O2/c1-10(12-6-2-3-7-13(12)18)15-8-4-5-11-9-16-17-14(11)19/h2-3,6-7,9,11,18H,4-5,8H2,1H3,(H,17,19)/b15-10-/t11-/m1/s1. The van der Waals surface area contributed by atoms with Crippen LogP contribution in [0.25, 0.3) is 0 Å². The van der Waals surface area contributed by atoms with Gasteiger partial charge in [0.05, 0.1) is 5.92 Å². The van der Waals surface area contributed by atoms with E-state index < -0.39 is 0 Å². The highest BCUT2D eigenvalue weighted by Gasteiger charge is 2.19. The maximum Gasteiger partial charge on any atom is 0.248 e. The van der Waals surface area contributed by atoms with E-state index in [4.69, 9.17) is 0 Å². The molecule has 1 aliphatic heterocycles. The summed E-state index contributed by atoms with van der Waals surface area (Å²) in [5.74, 6) is 0.0769. The molecule has 100 valence electrons. The van der Waals surface area contributed by atoms with Crippen LogP contribution < -0.4 is 5.43 Å². The zero-order valence-corrected chi connectivity index (χ0v) is 10.8. The van der Waals surface area contributed by atoms with Crippen molar-refractivity contribution in [2.24, 2.45) is 16.0 Å². The normalized spacial score (nSPS) is 18.7. The summed E-state index contributed by atoms with van der Waals surface area (Å²) in [4.78, 5) is 15.7. The van der Waals surface area contributed by atoms with E-state index in [0.717, 1.165) is 24.1 Å². The average Bonchev–Trinajstić information content (AvgIpc) is 2.80. The lowest BCUT2D eigenvalue weighted by molar-refractivity contribution is -0.122. The van der Waals surface area contributed by atoms with Gasteiger partial charge in [-0.25, -0.2) is 5.43 Å². The Morgan fingerprint density at radius 1 is 1.47 bits per heavy atom. The Kier molecular flexibility index (Phi) is 4.28. The maximum absolute atomic E-state index is 11.3. The van der Waals surface area contributed by atoms with Crippen molar-refractivity contribution in [2.75, 3.05) is 6.54 Å². The van der Waals surface area contributed by atoms with Crippen molar-refractivity contribution < 1.29 is 9.90 Å². The summed E-state index contributed by atoms with van der Waals surface area (Å²) in [7, 11) is 0. The van der Waals surface area contributed by atoms with E-state index in [9.17, 15) is 9.90 Å². The maximum atomic E-state index is 11.3. The number of hydrogen-bond donors (Lipinski definition) is 2. The third kappa shape index (κ3) is 3.40. The Hall–Kier alpha value is -2.17. The van der Waals surface area contributed by atoms with Crippen molar-refractivity contribution >= 4 is 17.8 Å². The quantitative estimate of drug-likeness (QED) is 0.624. The number of rotatable bonds is 5. The molecule has 1 amide bonds. The molecule has 2 rings (SSSR count). The fraction of sp³-hybridized carbons (Fsp3) is 0.357. The van der Waals surface area contributed by atoms with Gasteiger partial charge in [-0.1, -0.05) is 12.1 Å². The van der Waals surface area contributed by atoms with Crippen LogP contribution in [-0.2, 0) is 4.79 Å². The number of phenols is 1. The lowest BCUT2D eigenvalue weighted by Gasteiger charge is -2.05. The number of nitrogens with one attached hydrogen (secondary N) is 1. The second-order valence-corrected chi connectivity index (χ2v) is 4.49. The number of phenolic OH excluding ortho intramolecular Hbond substituents is 1. The Balaban J connectivity index is 1.84. The van der Waals surface area contributed by atoms with Gasteiger partial charge in [0, 0.05) is 24.0 Å². The predicted molar refractivity (Wildman–Crippen MR) is 74.5 cm³/mol. The molecule has 0 spiro atoms. The van der Waals surface area contributed by atoms with Gasteiger partial charge in [-0.2, -0.15) is 5.10 Å². The first-order chi connectivity index (χ1) is 9.18. The number of benzene rings is 1. The number of aromatic hydroxyl groups is 1. The minimum atomic E-state index is -0.124. The van der Waals surface area contributed by atoms with Crippen LogP contribution in [0.1, 0.15) is 25.3 Å². The molecule has 0 saturated carbocycles. The number of amides is 1. The first kappa shape index (κ1) is 13.3. The molecule has 1 aromatic carbocycles. The number of nitrogens with zero attached hydrogens (tertiary/aromatic N) is 2. The van der Waals surface area contributed by atoms with Crippen LogP contribution in [0.2, 0.25) is 0 Å². The lowest BCUT2D eigenvalue weighted by atomic mass is 10.1. The first-order valence-electron chi connectivity index (χ1n) is 6.31. The molecule has 0 aromatic heterocycles. The van der Waals surface area contributed by atoms with Gasteiger partial charge in [-0.3, -0.25) is 9.79 Å². The zero-order valence-electron chi connectivity index (χ0n) is 10.8.